The number of aromatic nitrogens is 2. The zero-order valence-corrected chi connectivity index (χ0v) is 16.9. The minimum absolute atomic E-state index is 0.292. The second kappa shape index (κ2) is 12.1. The van der Waals surface area contributed by atoms with Crippen molar-refractivity contribution >= 4 is 5.96 Å². The fourth-order valence-corrected chi connectivity index (χ4v) is 3.17. The fourth-order valence-electron chi connectivity index (χ4n) is 3.17. The summed E-state index contributed by atoms with van der Waals surface area (Å²) in [7, 11) is 0. The molecule has 0 aliphatic rings. The van der Waals surface area contributed by atoms with E-state index in [1.165, 1.54) is 5.56 Å². The van der Waals surface area contributed by atoms with E-state index in [4.69, 9.17) is 4.99 Å². The molecule has 0 spiro atoms. The van der Waals surface area contributed by atoms with Crippen LogP contribution in [0.3, 0.4) is 0 Å². The van der Waals surface area contributed by atoms with E-state index in [-0.39, 0.29) is 0 Å². The lowest BCUT2D eigenvalue weighted by Gasteiger charge is -2.29. The van der Waals surface area contributed by atoms with Gasteiger partial charge in [-0.3, -0.25) is 14.6 Å². The van der Waals surface area contributed by atoms with Crippen molar-refractivity contribution in [1.82, 2.24) is 25.3 Å². The Labute approximate surface area is 163 Å². The Morgan fingerprint density at radius 1 is 1.11 bits per heavy atom. The Morgan fingerprint density at radius 2 is 1.89 bits per heavy atom. The van der Waals surface area contributed by atoms with Crippen molar-refractivity contribution in [3.8, 4) is 0 Å². The van der Waals surface area contributed by atoms with Crippen LogP contribution in [0.4, 0.5) is 0 Å². The maximum Gasteiger partial charge on any atom is 0.191 e. The van der Waals surface area contributed by atoms with E-state index in [1.54, 1.807) is 0 Å². The molecular formula is C21H34N6. The third-order valence-electron chi connectivity index (χ3n) is 4.62. The Kier molecular flexibility index (Phi) is 9.41. The minimum atomic E-state index is 0.292. The third-order valence-corrected chi connectivity index (χ3v) is 4.62. The molecule has 148 valence electrons. The quantitative estimate of drug-likeness (QED) is 0.363. The fraction of sp³-hybridized carbons (Fsp3) is 0.524. The normalized spacial score (nSPS) is 13.0. The summed E-state index contributed by atoms with van der Waals surface area (Å²) in [5, 5.41) is 11.0. The van der Waals surface area contributed by atoms with Crippen LogP contribution < -0.4 is 10.6 Å². The number of guanidine groups is 1. The van der Waals surface area contributed by atoms with Crippen LogP contribution in [-0.4, -0.2) is 53.4 Å². The Bertz CT molecular complexity index is 634. The van der Waals surface area contributed by atoms with E-state index in [1.807, 2.05) is 23.1 Å². The molecule has 0 fully saturated rings. The van der Waals surface area contributed by atoms with Crippen LogP contribution in [0, 0.1) is 0 Å². The molecule has 1 aromatic heterocycles. The van der Waals surface area contributed by atoms with Crippen LogP contribution in [-0.2, 0) is 6.54 Å². The van der Waals surface area contributed by atoms with Crippen molar-refractivity contribution in [2.24, 2.45) is 4.99 Å². The number of rotatable bonds is 11. The number of hydrogen-bond acceptors (Lipinski definition) is 3. The summed E-state index contributed by atoms with van der Waals surface area (Å²) < 4.78 is 1.96. The second-order valence-electron chi connectivity index (χ2n) is 6.42. The van der Waals surface area contributed by atoms with E-state index in [0.29, 0.717) is 6.04 Å². The van der Waals surface area contributed by atoms with Crippen molar-refractivity contribution < 1.29 is 0 Å². The molecule has 0 bridgehead atoms. The molecule has 0 radical (unpaired) electrons. The number of hydrogen-bond donors (Lipinski definition) is 2. The molecule has 2 rings (SSSR count). The molecule has 6 nitrogen and oxygen atoms in total. The van der Waals surface area contributed by atoms with Gasteiger partial charge in [0, 0.05) is 32.0 Å². The van der Waals surface area contributed by atoms with Crippen LogP contribution in [0.1, 0.15) is 38.8 Å². The SMILES string of the molecule is CCNC(=NCC(c1ccccc1)N(CC)CC)NCCCn1cccn1. The maximum absolute atomic E-state index is 4.87. The highest BCUT2D eigenvalue weighted by molar-refractivity contribution is 5.79. The van der Waals surface area contributed by atoms with Crippen molar-refractivity contribution in [2.45, 2.75) is 39.8 Å². The molecule has 0 saturated heterocycles. The van der Waals surface area contributed by atoms with Crippen LogP contribution >= 0.6 is 0 Å². The van der Waals surface area contributed by atoms with Gasteiger partial charge >= 0.3 is 0 Å². The first-order chi connectivity index (χ1) is 13.3. The average molecular weight is 371 g/mol. The van der Waals surface area contributed by atoms with E-state index in [2.05, 4.69) is 71.7 Å². The molecule has 2 N–H and O–H groups in total. The predicted molar refractivity (Wildman–Crippen MR) is 113 cm³/mol. The lowest BCUT2D eigenvalue weighted by atomic mass is 10.1. The number of nitrogens with one attached hydrogen (secondary N) is 2. The average Bonchev–Trinajstić information content (AvgIpc) is 3.22. The Morgan fingerprint density at radius 3 is 2.52 bits per heavy atom. The molecule has 0 aliphatic carbocycles. The predicted octanol–water partition coefficient (Wildman–Crippen LogP) is 2.91. The lowest BCUT2D eigenvalue weighted by Crippen LogP contribution is -2.39. The van der Waals surface area contributed by atoms with Gasteiger partial charge in [-0.1, -0.05) is 44.2 Å². The molecule has 1 aromatic carbocycles. The summed E-state index contributed by atoms with van der Waals surface area (Å²) in [6.07, 6.45) is 4.81. The molecule has 0 aliphatic heterocycles. The summed E-state index contributed by atoms with van der Waals surface area (Å²) in [6, 6.07) is 12.9. The highest BCUT2D eigenvalue weighted by Crippen LogP contribution is 2.20. The number of nitrogens with zero attached hydrogens (tertiary/aromatic N) is 4. The smallest absolute Gasteiger partial charge is 0.191 e. The minimum Gasteiger partial charge on any atom is -0.357 e. The number of benzene rings is 1. The summed E-state index contributed by atoms with van der Waals surface area (Å²) in [4.78, 5) is 7.33. The van der Waals surface area contributed by atoms with Crippen LogP contribution in [0.5, 0.6) is 0 Å². The monoisotopic (exact) mass is 370 g/mol. The molecule has 27 heavy (non-hydrogen) atoms. The van der Waals surface area contributed by atoms with Crippen LogP contribution in [0.25, 0.3) is 0 Å². The molecule has 1 unspecified atom stereocenters. The van der Waals surface area contributed by atoms with Gasteiger partial charge in [-0.25, -0.2) is 0 Å². The summed E-state index contributed by atoms with van der Waals surface area (Å²) in [6.45, 7) is 11.9. The van der Waals surface area contributed by atoms with E-state index >= 15 is 0 Å². The zero-order chi connectivity index (χ0) is 19.3. The molecule has 0 amide bonds. The van der Waals surface area contributed by atoms with Crippen molar-refractivity contribution in [3.63, 3.8) is 0 Å². The van der Waals surface area contributed by atoms with Gasteiger partial charge in [0.25, 0.3) is 0 Å². The van der Waals surface area contributed by atoms with Crippen molar-refractivity contribution in [3.05, 3.63) is 54.4 Å². The first kappa shape index (κ1) is 21.0. The second-order valence-corrected chi connectivity index (χ2v) is 6.42. The van der Waals surface area contributed by atoms with Gasteiger partial charge in [0.05, 0.1) is 12.6 Å². The Hall–Kier alpha value is -2.34. The van der Waals surface area contributed by atoms with Crippen LogP contribution in [0.2, 0.25) is 0 Å². The van der Waals surface area contributed by atoms with Crippen molar-refractivity contribution in [1.29, 1.82) is 0 Å². The summed E-state index contributed by atoms with van der Waals surface area (Å²) in [5.41, 5.74) is 1.32. The first-order valence-corrected chi connectivity index (χ1v) is 10.1. The summed E-state index contributed by atoms with van der Waals surface area (Å²) >= 11 is 0. The Balaban J connectivity index is 1.96. The van der Waals surface area contributed by atoms with Crippen molar-refractivity contribution in [2.75, 3.05) is 32.7 Å². The zero-order valence-electron chi connectivity index (χ0n) is 16.9. The largest absolute Gasteiger partial charge is 0.357 e. The highest BCUT2D eigenvalue weighted by atomic mass is 15.3. The van der Waals surface area contributed by atoms with Gasteiger partial charge < -0.3 is 10.6 Å². The van der Waals surface area contributed by atoms with Gasteiger partial charge in [0.1, 0.15) is 0 Å². The standard InChI is InChI=1S/C21H34N6/c1-4-22-21(23-14-10-16-27-17-11-15-25-27)24-18-20(26(5-2)6-3)19-12-8-7-9-13-19/h7-9,11-13,15,17,20H,4-6,10,14,16,18H2,1-3H3,(H2,22,23,24). The molecule has 1 atom stereocenters. The topological polar surface area (TPSA) is 57.5 Å². The third kappa shape index (κ3) is 7.06. The molecule has 6 heteroatoms. The van der Waals surface area contributed by atoms with Gasteiger partial charge in [0.2, 0.25) is 0 Å². The molecule has 2 aromatic rings. The molecule has 1 heterocycles. The van der Waals surface area contributed by atoms with E-state index in [0.717, 1.165) is 51.6 Å². The molecule has 0 saturated carbocycles. The van der Waals surface area contributed by atoms with Gasteiger partial charge in [-0.15, -0.1) is 0 Å². The van der Waals surface area contributed by atoms with Crippen LogP contribution in [0.15, 0.2) is 53.8 Å². The van der Waals surface area contributed by atoms with Gasteiger partial charge in [-0.2, -0.15) is 5.10 Å². The van der Waals surface area contributed by atoms with E-state index in [9.17, 15) is 0 Å². The first-order valence-electron chi connectivity index (χ1n) is 10.1. The number of aryl methyl sites for hydroxylation is 1. The number of likely N-dealkylation sites (N-methyl/N-ethyl adjacent to an activating group) is 1. The maximum atomic E-state index is 4.87. The van der Waals surface area contributed by atoms with Gasteiger partial charge in [0.15, 0.2) is 5.96 Å². The van der Waals surface area contributed by atoms with E-state index < -0.39 is 0 Å². The molecular weight excluding hydrogens is 336 g/mol. The lowest BCUT2D eigenvalue weighted by molar-refractivity contribution is 0.224. The number of aliphatic imine (C=N–C) groups is 1. The van der Waals surface area contributed by atoms with Gasteiger partial charge in [-0.05, 0) is 38.1 Å². The summed E-state index contributed by atoms with van der Waals surface area (Å²) in [5.74, 6) is 0.881. The highest BCUT2D eigenvalue weighted by Gasteiger charge is 2.17.